The van der Waals surface area contributed by atoms with Crippen LogP contribution in [0.2, 0.25) is 0 Å². The van der Waals surface area contributed by atoms with Crippen LogP contribution in [0, 0.1) is 0 Å². The maximum Gasteiger partial charge on any atom is 0.135 e. The van der Waals surface area contributed by atoms with Crippen LogP contribution in [0.1, 0.15) is 12.8 Å². The lowest BCUT2D eigenvalue weighted by molar-refractivity contribution is -0.121. The largest absolute Gasteiger partial charge is 0.497 e. The number of benzene rings is 1. The Labute approximate surface area is 106 Å². The predicted molar refractivity (Wildman–Crippen MR) is 70.8 cm³/mol. The number of likely N-dealkylation sites (tertiary alicyclic amines) is 1. The fraction of sp³-hybridized carbons (Fsp3) is 0.400. The lowest BCUT2D eigenvalue weighted by Crippen LogP contribution is -2.41. The monoisotopic (exact) mass is 243 g/mol. The van der Waals surface area contributed by atoms with E-state index in [-0.39, 0.29) is 0 Å². The maximum absolute atomic E-state index is 11.2. The number of ether oxygens (including phenoxy) is 1. The van der Waals surface area contributed by atoms with Gasteiger partial charge >= 0.3 is 0 Å². The standard InChI is InChI=1S/C15H17NO2/c1-18-14-3-2-11-8-12(15(11)9-14)10-16-6-4-13(17)5-7-16/h2-3,8-9H,4-7,10H2,1H3. The molecule has 3 rings (SSSR count). The molecule has 0 aromatic heterocycles. The van der Waals surface area contributed by atoms with Gasteiger partial charge in [-0.3, -0.25) is 9.69 Å². The number of Topliss-reactive ketones (excluding diaryl/α,β-unsaturated/α-hetero) is 1. The summed E-state index contributed by atoms with van der Waals surface area (Å²) in [6, 6.07) is 6.18. The molecule has 0 radical (unpaired) electrons. The van der Waals surface area contributed by atoms with E-state index in [4.69, 9.17) is 4.74 Å². The van der Waals surface area contributed by atoms with Crippen molar-refractivity contribution in [2.24, 2.45) is 0 Å². The minimum atomic E-state index is 0.399. The van der Waals surface area contributed by atoms with Crippen LogP contribution in [0.15, 0.2) is 18.2 Å². The van der Waals surface area contributed by atoms with Gasteiger partial charge in [0, 0.05) is 32.5 Å². The average molecular weight is 243 g/mol. The molecule has 1 aromatic carbocycles. The van der Waals surface area contributed by atoms with Crippen LogP contribution >= 0.6 is 0 Å². The number of hydrogen-bond acceptors (Lipinski definition) is 3. The highest BCUT2D eigenvalue weighted by atomic mass is 16.5. The molecule has 2 aliphatic rings. The Morgan fingerprint density at radius 3 is 2.78 bits per heavy atom. The number of carbonyl (C=O) groups is 1. The molecule has 0 spiro atoms. The van der Waals surface area contributed by atoms with Crippen molar-refractivity contribution < 1.29 is 9.53 Å². The van der Waals surface area contributed by atoms with E-state index < -0.39 is 0 Å². The van der Waals surface area contributed by atoms with Crippen LogP contribution < -0.4 is 15.2 Å². The van der Waals surface area contributed by atoms with Crippen molar-refractivity contribution in [3.05, 3.63) is 28.6 Å². The Morgan fingerprint density at radius 1 is 1.28 bits per heavy atom. The molecular formula is C15H17NO2. The summed E-state index contributed by atoms with van der Waals surface area (Å²) in [5.41, 5.74) is 1.36. The van der Waals surface area contributed by atoms with Crippen LogP contribution in [0.4, 0.5) is 0 Å². The maximum atomic E-state index is 11.2. The third kappa shape index (κ3) is 2.06. The number of rotatable bonds is 3. The SMILES string of the molecule is COc1ccc2c(c1)=C(CN1CCC(=O)CC1)C=2. The first-order chi connectivity index (χ1) is 8.76. The molecule has 0 unspecified atom stereocenters. The first-order valence-electron chi connectivity index (χ1n) is 6.39. The topological polar surface area (TPSA) is 29.5 Å². The Bertz CT molecular complexity index is 593. The summed E-state index contributed by atoms with van der Waals surface area (Å²) < 4.78 is 5.25. The Hall–Kier alpha value is -1.61. The highest BCUT2D eigenvalue weighted by Crippen LogP contribution is 2.12. The van der Waals surface area contributed by atoms with Gasteiger partial charge in [0.1, 0.15) is 11.5 Å². The molecule has 94 valence electrons. The van der Waals surface area contributed by atoms with Gasteiger partial charge in [0.15, 0.2) is 0 Å². The molecule has 0 amide bonds. The number of carbonyl (C=O) groups excluding carboxylic acids is 1. The molecule has 1 saturated heterocycles. The molecule has 18 heavy (non-hydrogen) atoms. The van der Waals surface area contributed by atoms with Crippen LogP contribution in [0.5, 0.6) is 5.75 Å². The number of ketones is 1. The van der Waals surface area contributed by atoms with Crippen molar-refractivity contribution in [1.82, 2.24) is 4.90 Å². The van der Waals surface area contributed by atoms with Gasteiger partial charge in [-0.15, -0.1) is 0 Å². The minimum Gasteiger partial charge on any atom is -0.497 e. The van der Waals surface area contributed by atoms with E-state index in [0.29, 0.717) is 18.6 Å². The summed E-state index contributed by atoms with van der Waals surface area (Å²) in [4.78, 5) is 13.6. The molecule has 0 bridgehead atoms. The minimum absolute atomic E-state index is 0.399. The highest BCUT2D eigenvalue weighted by Gasteiger charge is 2.18. The fourth-order valence-electron chi connectivity index (χ4n) is 2.59. The van der Waals surface area contributed by atoms with Crippen molar-refractivity contribution in [3.63, 3.8) is 0 Å². The Morgan fingerprint density at radius 2 is 2.06 bits per heavy atom. The summed E-state index contributed by atoms with van der Waals surface area (Å²) in [5, 5.41) is 2.59. The van der Waals surface area contributed by atoms with Crippen molar-refractivity contribution >= 4 is 17.4 Å². The van der Waals surface area contributed by atoms with Crippen molar-refractivity contribution in [1.29, 1.82) is 0 Å². The van der Waals surface area contributed by atoms with E-state index in [9.17, 15) is 4.79 Å². The highest BCUT2D eigenvalue weighted by molar-refractivity contribution is 5.84. The van der Waals surface area contributed by atoms with Crippen LogP contribution in [-0.2, 0) is 4.79 Å². The number of methoxy groups -OCH3 is 1. The van der Waals surface area contributed by atoms with Crippen molar-refractivity contribution in [2.45, 2.75) is 12.8 Å². The lowest BCUT2D eigenvalue weighted by atomic mass is 9.98. The number of nitrogens with zero attached hydrogens (tertiary/aromatic N) is 1. The third-order valence-electron chi connectivity index (χ3n) is 3.74. The zero-order valence-electron chi connectivity index (χ0n) is 10.6. The van der Waals surface area contributed by atoms with Gasteiger partial charge in [-0.2, -0.15) is 0 Å². The number of hydrogen-bond donors (Lipinski definition) is 0. The molecule has 0 atom stereocenters. The first-order valence-corrected chi connectivity index (χ1v) is 6.39. The molecule has 1 aliphatic carbocycles. The molecular weight excluding hydrogens is 226 g/mol. The summed E-state index contributed by atoms with van der Waals surface area (Å²) in [6.45, 7) is 2.75. The van der Waals surface area contributed by atoms with Crippen LogP contribution in [-0.4, -0.2) is 37.4 Å². The quantitative estimate of drug-likeness (QED) is 0.765. The summed E-state index contributed by atoms with van der Waals surface area (Å²) in [7, 11) is 1.69. The lowest BCUT2D eigenvalue weighted by Gasteiger charge is -2.27. The fourth-order valence-corrected chi connectivity index (χ4v) is 2.59. The van der Waals surface area contributed by atoms with Gasteiger partial charge in [0.05, 0.1) is 7.11 Å². The zero-order chi connectivity index (χ0) is 12.5. The van der Waals surface area contributed by atoms with E-state index in [1.165, 1.54) is 16.0 Å². The molecule has 1 heterocycles. The van der Waals surface area contributed by atoms with Gasteiger partial charge < -0.3 is 4.74 Å². The van der Waals surface area contributed by atoms with Gasteiger partial charge in [-0.05, 0) is 34.2 Å². The molecule has 0 saturated carbocycles. The summed E-state index contributed by atoms with van der Waals surface area (Å²) in [6.07, 6.45) is 3.64. The zero-order valence-corrected chi connectivity index (χ0v) is 10.6. The van der Waals surface area contributed by atoms with E-state index >= 15 is 0 Å². The third-order valence-corrected chi connectivity index (χ3v) is 3.74. The second kappa shape index (κ2) is 4.58. The van der Waals surface area contributed by atoms with Gasteiger partial charge in [-0.1, -0.05) is 6.07 Å². The van der Waals surface area contributed by atoms with E-state index in [1.54, 1.807) is 7.11 Å². The normalized spacial score (nSPS) is 18.9. The molecule has 0 N–H and O–H groups in total. The van der Waals surface area contributed by atoms with E-state index in [2.05, 4.69) is 23.1 Å². The van der Waals surface area contributed by atoms with Crippen molar-refractivity contribution in [2.75, 3.05) is 26.7 Å². The number of fused-ring (bicyclic) bond motifs is 1. The Kier molecular flexibility index (Phi) is 2.92. The van der Waals surface area contributed by atoms with Crippen LogP contribution in [0.25, 0.3) is 11.6 Å². The summed E-state index contributed by atoms with van der Waals surface area (Å²) >= 11 is 0. The Balaban J connectivity index is 1.77. The van der Waals surface area contributed by atoms with Gasteiger partial charge in [0.25, 0.3) is 0 Å². The molecule has 3 heteroatoms. The molecule has 1 aromatic rings. The average Bonchev–Trinajstić information content (AvgIpc) is 2.38. The second-order valence-corrected chi connectivity index (χ2v) is 4.94. The molecule has 1 fully saturated rings. The predicted octanol–water partition coefficient (Wildman–Crippen LogP) is 0.305. The first kappa shape index (κ1) is 11.5. The van der Waals surface area contributed by atoms with Crippen molar-refractivity contribution in [3.8, 4) is 5.75 Å². The summed E-state index contributed by atoms with van der Waals surface area (Å²) in [5.74, 6) is 1.31. The smallest absolute Gasteiger partial charge is 0.135 e. The van der Waals surface area contributed by atoms with Gasteiger partial charge in [-0.25, -0.2) is 0 Å². The second-order valence-electron chi connectivity index (χ2n) is 4.94. The number of piperidine rings is 1. The van der Waals surface area contributed by atoms with E-state index in [1.807, 2.05) is 6.07 Å². The van der Waals surface area contributed by atoms with Gasteiger partial charge in [0.2, 0.25) is 0 Å². The molecule has 3 nitrogen and oxygen atoms in total. The van der Waals surface area contributed by atoms with Crippen LogP contribution in [0.3, 0.4) is 0 Å². The molecule has 1 aliphatic heterocycles. The van der Waals surface area contributed by atoms with E-state index in [0.717, 1.165) is 25.4 Å².